The second-order valence-electron chi connectivity index (χ2n) is 5.65. The molecular formula is C16H20N6O. The number of amides is 1. The van der Waals surface area contributed by atoms with Crippen molar-refractivity contribution in [2.75, 3.05) is 25.0 Å². The lowest BCUT2D eigenvalue weighted by Gasteiger charge is -2.31. The van der Waals surface area contributed by atoms with Crippen molar-refractivity contribution in [3.8, 4) is 0 Å². The van der Waals surface area contributed by atoms with E-state index in [1.165, 1.54) is 0 Å². The van der Waals surface area contributed by atoms with Crippen LogP contribution in [0.3, 0.4) is 0 Å². The molecule has 1 fully saturated rings. The third-order valence-electron chi connectivity index (χ3n) is 3.99. The van der Waals surface area contributed by atoms with Gasteiger partial charge in [0.15, 0.2) is 5.82 Å². The number of piperidine rings is 1. The molecule has 0 saturated carbocycles. The third-order valence-corrected chi connectivity index (χ3v) is 3.99. The van der Waals surface area contributed by atoms with E-state index >= 15 is 0 Å². The molecule has 7 heteroatoms. The van der Waals surface area contributed by atoms with Gasteiger partial charge in [0.2, 0.25) is 5.91 Å². The van der Waals surface area contributed by atoms with Crippen molar-refractivity contribution in [3.05, 3.63) is 42.5 Å². The molecule has 7 nitrogen and oxygen atoms in total. The summed E-state index contributed by atoms with van der Waals surface area (Å²) in [6.45, 7) is 2.01. The van der Waals surface area contributed by atoms with Crippen LogP contribution in [0.2, 0.25) is 0 Å². The van der Waals surface area contributed by atoms with Crippen molar-refractivity contribution in [3.63, 3.8) is 0 Å². The molecule has 1 amide bonds. The number of likely N-dealkylation sites (tertiary alicyclic amines) is 1. The van der Waals surface area contributed by atoms with E-state index in [-0.39, 0.29) is 5.91 Å². The summed E-state index contributed by atoms with van der Waals surface area (Å²) >= 11 is 0. The molecule has 3 heterocycles. The molecule has 3 N–H and O–H groups in total. The van der Waals surface area contributed by atoms with Gasteiger partial charge >= 0.3 is 0 Å². The fraction of sp³-hybridized carbons (Fsp3) is 0.375. The van der Waals surface area contributed by atoms with Crippen LogP contribution >= 0.6 is 0 Å². The van der Waals surface area contributed by atoms with Crippen molar-refractivity contribution in [1.82, 2.24) is 19.9 Å². The van der Waals surface area contributed by atoms with Gasteiger partial charge in [-0.25, -0.2) is 9.97 Å². The highest BCUT2D eigenvalue weighted by Crippen LogP contribution is 2.31. The van der Waals surface area contributed by atoms with E-state index in [2.05, 4.69) is 25.2 Å². The second-order valence-corrected chi connectivity index (χ2v) is 5.65. The first-order valence-corrected chi connectivity index (χ1v) is 7.72. The maximum absolute atomic E-state index is 11.0. The van der Waals surface area contributed by atoms with Crippen molar-refractivity contribution in [2.24, 2.45) is 5.73 Å². The van der Waals surface area contributed by atoms with Crippen LogP contribution in [-0.4, -0.2) is 45.4 Å². The van der Waals surface area contributed by atoms with Crippen LogP contribution in [-0.2, 0) is 4.79 Å². The fourth-order valence-electron chi connectivity index (χ4n) is 2.89. The van der Waals surface area contributed by atoms with Crippen LogP contribution < -0.4 is 11.1 Å². The van der Waals surface area contributed by atoms with Crippen LogP contribution in [0.1, 0.15) is 24.5 Å². The molecule has 120 valence electrons. The average molecular weight is 312 g/mol. The summed E-state index contributed by atoms with van der Waals surface area (Å²) in [5.41, 5.74) is 6.21. The smallest absolute Gasteiger partial charge is 0.231 e. The highest BCUT2D eigenvalue weighted by molar-refractivity contribution is 5.75. The molecule has 1 aliphatic rings. The Morgan fingerprint density at radius 3 is 2.65 bits per heavy atom. The number of nitrogens with one attached hydrogen (secondary N) is 1. The highest BCUT2D eigenvalue weighted by atomic mass is 16.1. The molecule has 0 atom stereocenters. The van der Waals surface area contributed by atoms with E-state index in [9.17, 15) is 4.79 Å². The number of rotatable bonds is 5. The topological polar surface area (TPSA) is 97.0 Å². The largest absolute Gasteiger partial charge is 0.369 e. The SMILES string of the molecule is NC(=O)CN1CCC(c2nccnc2Nc2ccccn2)CC1. The summed E-state index contributed by atoms with van der Waals surface area (Å²) in [4.78, 5) is 26.3. The minimum atomic E-state index is -0.277. The quantitative estimate of drug-likeness (QED) is 0.863. The maximum atomic E-state index is 11.0. The molecule has 0 aromatic carbocycles. The van der Waals surface area contributed by atoms with Crippen LogP contribution in [0.5, 0.6) is 0 Å². The first kappa shape index (κ1) is 15.4. The number of aromatic nitrogens is 3. The Balaban J connectivity index is 1.70. The monoisotopic (exact) mass is 312 g/mol. The minimum absolute atomic E-state index is 0.277. The van der Waals surface area contributed by atoms with Gasteiger partial charge < -0.3 is 11.1 Å². The van der Waals surface area contributed by atoms with Crippen molar-refractivity contribution in [2.45, 2.75) is 18.8 Å². The Bertz CT molecular complexity index is 655. The van der Waals surface area contributed by atoms with Gasteiger partial charge in [-0.15, -0.1) is 0 Å². The molecule has 1 saturated heterocycles. The van der Waals surface area contributed by atoms with Gasteiger partial charge in [-0.1, -0.05) is 6.07 Å². The average Bonchev–Trinajstić information content (AvgIpc) is 2.57. The van der Waals surface area contributed by atoms with Crippen molar-refractivity contribution >= 4 is 17.5 Å². The summed E-state index contributed by atoms with van der Waals surface area (Å²) in [7, 11) is 0. The third kappa shape index (κ3) is 4.01. The number of primary amides is 1. The molecule has 0 unspecified atom stereocenters. The van der Waals surface area contributed by atoms with Gasteiger partial charge in [0.1, 0.15) is 5.82 Å². The zero-order valence-electron chi connectivity index (χ0n) is 12.9. The summed E-state index contributed by atoms with van der Waals surface area (Å²) in [6, 6.07) is 5.69. The summed E-state index contributed by atoms with van der Waals surface area (Å²) in [5.74, 6) is 1.54. The van der Waals surface area contributed by atoms with Gasteiger partial charge in [0.05, 0.1) is 12.2 Å². The molecule has 0 aliphatic carbocycles. The predicted octanol–water partition coefficient (Wildman–Crippen LogP) is 1.28. The second kappa shape index (κ2) is 7.15. The molecule has 23 heavy (non-hydrogen) atoms. The maximum Gasteiger partial charge on any atom is 0.231 e. The Hall–Kier alpha value is -2.54. The number of anilines is 2. The van der Waals surface area contributed by atoms with E-state index in [0.717, 1.165) is 43.3 Å². The van der Waals surface area contributed by atoms with E-state index in [4.69, 9.17) is 5.73 Å². The van der Waals surface area contributed by atoms with Crippen LogP contribution in [0.4, 0.5) is 11.6 Å². The molecule has 0 radical (unpaired) electrons. The van der Waals surface area contributed by atoms with Gasteiger partial charge in [-0.3, -0.25) is 14.7 Å². The van der Waals surface area contributed by atoms with Crippen LogP contribution in [0.25, 0.3) is 0 Å². The number of carbonyl (C=O) groups excluding carboxylic acids is 1. The Morgan fingerprint density at radius 2 is 1.96 bits per heavy atom. The lowest BCUT2D eigenvalue weighted by atomic mass is 9.93. The lowest BCUT2D eigenvalue weighted by molar-refractivity contribution is -0.119. The summed E-state index contributed by atoms with van der Waals surface area (Å²) < 4.78 is 0. The number of nitrogens with two attached hydrogens (primary N) is 1. The molecule has 0 bridgehead atoms. The zero-order valence-corrected chi connectivity index (χ0v) is 12.9. The van der Waals surface area contributed by atoms with Crippen molar-refractivity contribution in [1.29, 1.82) is 0 Å². The van der Waals surface area contributed by atoms with Crippen molar-refractivity contribution < 1.29 is 4.79 Å². The van der Waals surface area contributed by atoms with E-state index in [0.29, 0.717) is 12.5 Å². The fourth-order valence-corrected chi connectivity index (χ4v) is 2.89. The zero-order chi connectivity index (χ0) is 16.1. The Morgan fingerprint density at radius 1 is 1.17 bits per heavy atom. The summed E-state index contributed by atoms with van der Waals surface area (Å²) in [5, 5.41) is 3.24. The Kier molecular flexibility index (Phi) is 4.77. The summed E-state index contributed by atoms with van der Waals surface area (Å²) in [6.07, 6.45) is 7.00. The number of hydrogen-bond donors (Lipinski definition) is 2. The first-order valence-electron chi connectivity index (χ1n) is 7.72. The number of pyridine rings is 1. The van der Waals surface area contributed by atoms with Gasteiger partial charge in [-0.05, 0) is 38.1 Å². The van der Waals surface area contributed by atoms with Gasteiger partial charge in [-0.2, -0.15) is 0 Å². The molecule has 2 aromatic heterocycles. The Labute approximate surface area is 135 Å². The van der Waals surface area contributed by atoms with Crippen LogP contribution in [0.15, 0.2) is 36.8 Å². The molecule has 2 aromatic rings. The molecule has 1 aliphatic heterocycles. The highest BCUT2D eigenvalue weighted by Gasteiger charge is 2.24. The first-order chi connectivity index (χ1) is 11.2. The number of nitrogens with zero attached hydrogens (tertiary/aromatic N) is 4. The number of carbonyl (C=O) groups is 1. The van der Waals surface area contributed by atoms with Gasteiger partial charge in [0.25, 0.3) is 0 Å². The van der Waals surface area contributed by atoms with Gasteiger partial charge in [0, 0.05) is 24.5 Å². The normalized spacial score (nSPS) is 16.2. The molecule has 3 rings (SSSR count). The van der Waals surface area contributed by atoms with E-state index in [1.54, 1.807) is 18.6 Å². The lowest BCUT2D eigenvalue weighted by Crippen LogP contribution is -2.39. The number of hydrogen-bond acceptors (Lipinski definition) is 6. The standard InChI is InChI=1S/C16H20N6O/c17-13(23)11-22-9-4-12(5-10-22)15-16(20-8-7-19-15)21-14-3-1-2-6-18-14/h1-3,6-8,12H,4-5,9-11H2,(H2,17,23)(H,18,20,21). The predicted molar refractivity (Wildman–Crippen MR) is 87.2 cm³/mol. The van der Waals surface area contributed by atoms with E-state index in [1.807, 2.05) is 18.2 Å². The van der Waals surface area contributed by atoms with E-state index < -0.39 is 0 Å². The molecule has 0 spiro atoms. The van der Waals surface area contributed by atoms with Crippen LogP contribution in [0, 0.1) is 0 Å². The minimum Gasteiger partial charge on any atom is -0.369 e. The molecular weight excluding hydrogens is 292 g/mol.